The predicted molar refractivity (Wildman–Crippen MR) is 72.0 cm³/mol. The molecule has 0 aliphatic carbocycles. The van der Waals surface area contributed by atoms with Crippen molar-refractivity contribution in [1.82, 2.24) is 0 Å². The highest BCUT2D eigenvalue weighted by atomic mass is 32.2. The van der Waals surface area contributed by atoms with Crippen molar-refractivity contribution in [2.75, 3.05) is 6.26 Å². The maximum atomic E-state index is 11.3. The van der Waals surface area contributed by atoms with Gasteiger partial charge in [-0.05, 0) is 18.4 Å². The number of aryl methyl sites for hydroxylation is 1. The molecule has 0 unspecified atom stereocenters. The molecule has 1 aromatic carbocycles. The van der Waals surface area contributed by atoms with Gasteiger partial charge < -0.3 is 4.18 Å². The quantitative estimate of drug-likeness (QED) is 0.484. The Bertz CT molecular complexity index is 614. The van der Waals surface area contributed by atoms with Crippen LogP contribution in [0.2, 0.25) is 0 Å². The lowest BCUT2D eigenvalue weighted by molar-refractivity contribution is -0.385. The van der Waals surface area contributed by atoms with E-state index in [-0.39, 0.29) is 16.9 Å². The summed E-state index contributed by atoms with van der Waals surface area (Å²) < 4.78 is 27.4. The molecule has 106 valence electrons. The average molecular weight is 287 g/mol. The molecule has 0 saturated heterocycles. The van der Waals surface area contributed by atoms with E-state index in [9.17, 15) is 18.5 Å². The number of nitro benzene ring substituents is 1. The van der Waals surface area contributed by atoms with Gasteiger partial charge in [-0.25, -0.2) is 0 Å². The largest absolute Gasteiger partial charge is 0.382 e. The Balaban J connectivity index is 3.55. The van der Waals surface area contributed by atoms with E-state index in [1.165, 1.54) is 0 Å². The van der Waals surface area contributed by atoms with Crippen LogP contribution in [0, 0.1) is 17.0 Å². The van der Waals surface area contributed by atoms with Crippen LogP contribution in [0.1, 0.15) is 31.9 Å². The summed E-state index contributed by atoms with van der Waals surface area (Å²) in [5, 5.41) is 10.9. The Morgan fingerprint density at radius 3 is 2.16 bits per heavy atom. The van der Waals surface area contributed by atoms with Crippen molar-refractivity contribution in [2.24, 2.45) is 0 Å². The first-order valence-electron chi connectivity index (χ1n) is 5.61. The van der Waals surface area contributed by atoms with E-state index in [4.69, 9.17) is 4.18 Å². The highest BCUT2D eigenvalue weighted by Crippen LogP contribution is 2.36. The van der Waals surface area contributed by atoms with Gasteiger partial charge in [-0.1, -0.05) is 20.8 Å². The molecule has 0 heterocycles. The van der Waals surface area contributed by atoms with Crippen LogP contribution in [0.25, 0.3) is 0 Å². The van der Waals surface area contributed by atoms with Crippen molar-refractivity contribution in [2.45, 2.75) is 33.1 Å². The van der Waals surface area contributed by atoms with Crippen molar-refractivity contribution in [3.8, 4) is 5.75 Å². The van der Waals surface area contributed by atoms with Crippen LogP contribution < -0.4 is 4.18 Å². The molecular formula is C12H17NO5S. The Morgan fingerprint density at radius 2 is 1.79 bits per heavy atom. The third kappa shape index (κ3) is 3.92. The number of hydrogen-bond donors (Lipinski definition) is 0. The fourth-order valence-corrected chi connectivity index (χ4v) is 2.16. The summed E-state index contributed by atoms with van der Waals surface area (Å²) in [6, 6.07) is 2.76. The standard InChI is InChI=1S/C12H17NO5S/c1-8-6-9(12(2,3)4)11(18-19(5,16)17)7-10(8)13(14)15/h6-7H,1-5H3. The van der Waals surface area contributed by atoms with Gasteiger partial charge in [0.05, 0.1) is 17.2 Å². The lowest BCUT2D eigenvalue weighted by atomic mass is 9.85. The molecule has 0 saturated carbocycles. The summed E-state index contributed by atoms with van der Waals surface area (Å²) in [5.41, 5.74) is 0.531. The van der Waals surface area contributed by atoms with Gasteiger partial charge in [0.15, 0.2) is 5.75 Å². The molecule has 0 aromatic heterocycles. The van der Waals surface area contributed by atoms with E-state index in [1.807, 2.05) is 20.8 Å². The highest BCUT2D eigenvalue weighted by Gasteiger charge is 2.25. The first-order valence-corrected chi connectivity index (χ1v) is 7.42. The van der Waals surface area contributed by atoms with Gasteiger partial charge in [0.2, 0.25) is 0 Å². The lowest BCUT2D eigenvalue weighted by Gasteiger charge is -2.22. The number of hydrogen-bond acceptors (Lipinski definition) is 5. The second-order valence-electron chi connectivity index (χ2n) is 5.43. The number of rotatable bonds is 3. The molecule has 0 aliphatic rings. The van der Waals surface area contributed by atoms with Crippen LogP contribution in [0.5, 0.6) is 5.75 Å². The van der Waals surface area contributed by atoms with Gasteiger partial charge in [0.1, 0.15) is 0 Å². The van der Waals surface area contributed by atoms with Crippen molar-refractivity contribution >= 4 is 15.8 Å². The molecule has 7 heteroatoms. The number of benzene rings is 1. The first-order chi connectivity index (χ1) is 8.42. The van der Waals surface area contributed by atoms with Gasteiger partial charge in [-0.2, -0.15) is 8.42 Å². The molecule has 0 N–H and O–H groups in total. The maximum absolute atomic E-state index is 11.3. The number of nitro groups is 1. The minimum Gasteiger partial charge on any atom is -0.382 e. The zero-order valence-corrected chi connectivity index (χ0v) is 12.4. The molecule has 0 spiro atoms. The summed E-state index contributed by atoms with van der Waals surface area (Å²) in [6.07, 6.45) is 0.908. The van der Waals surface area contributed by atoms with Crippen LogP contribution >= 0.6 is 0 Å². The summed E-state index contributed by atoms with van der Waals surface area (Å²) >= 11 is 0. The molecule has 1 aromatic rings. The minimum atomic E-state index is -3.74. The SMILES string of the molecule is Cc1cc(C(C)(C)C)c(OS(C)(=O)=O)cc1[N+](=O)[O-]. The first kappa shape index (κ1) is 15.4. The lowest BCUT2D eigenvalue weighted by Crippen LogP contribution is -2.16. The molecule has 19 heavy (non-hydrogen) atoms. The van der Waals surface area contributed by atoms with E-state index in [2.05, 4.69) is 0 Å². The predicted octanol–water partition coefficient (Wildman–Crippen LogP) is 2.54. The fraction of sp³-hybridized carbons (Fsp3) is 0.500. The third-order valence-corrected chi connectivity index (χ3v) is 3.03. The van der Waals surface area contributed by atoms with E-state index < -0.39 is 15.0 Å². The molecule has 0 bridgehead atoms. The fourth-order valence-electron chi connectivity index (χ4n) is 1.69. The average Bonchev–Trinajstić information content (AvgIpc) is 2.15. The van der Waals surface area contributed by atoms with Crippen LogP contribution in [-0.4, -0.2) is 19.6 Å². The van der Waals surface area contributed by atoms with E-state index in [1.54, 1.807) is 13.0 Å². The van der Waals surface area contributed by atoms with E-state index in [0.29, 0.717) is 11.1 Å². The Labute approximate surface area is 112 Å². The van der Waals surface area contributed by atoms with Gasteiger partial charge in [-0.3, -0.25) is 10.1 Å². The summed E-state index contributed by atoms with van der Waals surface area (Å²) in [4.78, 5) is 10.3. The zero-order valence-electron chi connectivity index (χ0n) is 11.6. The molecule has 0 amide bonds. The molecule has 0 atom stereocenters. The van der Waals surface area contributed by atoms with Crippen molar-refractivity contribution in [3.63, 3.8) is 0 Å². The summed E-state index contributed by atoms with van der Waals surface area (Å²) in [7, 11) is -3.74. The maximum Gasteiger partial charge on any atom is 0.306 e. The molecule has 1 rings (SSSR count). The second kappa shape index (κ2) is 4.80. The molecule has 0 aliphatic heterocycles. The molecule has 0 fully saturated rings. The number of nitrogens with zero attached hydrogens (tertiary/aromatic N) is 1. The second-order valence-corrected chi connectivity index (χ2v) is 7.00. The van der Waals surface area contributed by atoms with E-state index in [0.717, 1.165) is 12.3 Å². The normalized spacial score (nSPS) is 12.3. The van der Waals surface area contributed by atoms with Crippen molar-refractivity contribution in [3.05, 3.63) is 33.4 Å². The monoisotopic (exact) mass is 287 g/mol. The van der Waals surface area contributed by atoms with Gasteiger partial charge in [0.25, 0.3) is 5.69 Å². The van der Waals surface area contributed by atoms with Gasteiger partial charge >= 0.3 is 10.1 Å². The molecule has 0 radical (unpaired) electrons. The smallest absolute Gasteiger partial charge is 0.306 e. The van der Waals surface area contributed by atoms with Crippen molar-refractivity contribution < 1.29 is 17.5 Å². The zero-order chi connectivity index (χ0) is 15.0. The van der Waals surface area contributed by atoms with Crippen LogP contribution in [0.15, 0.2) is 12.1 Å². The Morgan fingerprint density at radius 1 is 1.26 bits per heavy atom. The van der Waals surface area contributed by atoms with Crippen LogP contribution in [0.4, 0.5) is 5.69 Å². The summed E-state index contributed by atoms with van der Waals surface area (Å²) in [6.45, 7) is 7.24. The third-order valence-electron chi connectivity index (χ3n) is 2.54. The molecule has 6 nitrogen and oxygen atoms in total. The van der Waals surface area contributed by atoms with Crippen LogP contribution in [-0.2, 0) is 15.5 Å². The van der Waals surface area contributed by atoms with Gasteiger partial charge in [-0.15, -0.1) is 0 Å². The van der Waals surface area contributed by atoms with E-state index >= 15 is 0 Å². The summed E-state index contributed by atoms with van der Waals surface area (Å²) in [5.74, 6) is 0.00676. The Hall–Kier alpha value is -1.63. The topological polar surface area (TPSA) is 86.5 Å². The highest BCUT2D eigenvalue weighted by molar-refractivity contribution is 7.86. The molecular weight excluding hydrogens is 270 g/mol. The van der Waals surface area contributed by atoms with Crippen LogP contribution in [0.3, 0.4) is 0 Å². The van der Waals surface area contributed by atoms with Crippen molar-refractivity contribution in [1.29, 1.82) is 0 Å². The Kier molecular flexibility index (Phi) is 3.90. The minimum absolute atomic E-state index is 0.00676. The van der Waals surface area contributed by atoms with Gasteiger partial charge in [0, 0.05) is 11.1 Å².